The molecule has 0 aliphatic heterocycles. The third-order valence-corrected chi connectivity index (χ3v) is 4.73. The van der Waals surface area contributed by atoms with Gasteiger partial charge in [-0.05, 0) is 48.9 Å². The van der Waals surface area contributed by atoms with E-state index < -0.39 is 5.97 Å². The Morgan fingerprint density at radius 3 is 2.78 bits per heavy atom. The van der Waals surface area contributed by atoms with Crippen molar-refractivity contribution in [2.24, 2.45) is 0 Å². The van der Waals surface area contributed by atoms with E-state index in [4.69, 9.17) is 5.11 Å². The molecule has 0 aliphatic rings. The zero-order valence-corrected chi connectivity index (χ0v) is 15.4. The van der Waals surface area contributed by atoms with Crippen LogP contribution < -0.4 is 10.6 Å². The normalized spacial score (nSPS) is 10.4. The van der Waals surface area contributed by atoms with E-state index >= 15 is 0 Å². The van der Waals surface area contributed by atoms with Crippen molar-refractivity contribution in [2.45, 2.75) is 13.3 Å². The third-order valence-electron chi connectivity index (χ3n) is 3.63. The molecule has 0 atom stereocenters. The van der Waals surface area contributed by atoms with Gasteiger partial charge >= 0.3 is 5.97 Å². The molecule has 0 aromatic carbocycles. The lowest BCUT2D eigenvalue weighted by molar-refractivity contribution is -0.136. The first kappa shape index (κ1) is 18.5. The number of aryl methyl sites for hydroxylation is 1. The number of anilines is 2. The molecule has 138 valence electrons. The van der Waals surface area contributed by atoms with E-state index in [0.717, 1.165) is 16.1 Å². The molecular formula is C19H18N4O3S. The Morgan fingerprint density at radius 2 is 2.00 bits per heavy atom. The number of thiophene rings is 1. The highest BCUT2D eigenvalue weighted by atomic mass is 32.1. The summed E-state index contributed by atoms with van der Waals surface area (Å²) in [6.07, 6.45) is 1.63. The maximum atomic E-state index is 12.1. The molecule has 3 N–H and O–H groups in total. The van der Waals surface area contributed by atoms with Crippen LogP contribution in [0.4, 0.5) is 11.6 Å². The number of aromatic nitrogens is 2. The summed E-state index contributed by atoms with van der Waals surface area (Å²) in [5.74, 6) is 0.139. The predicted octanol–water partition coefficient (Wildman–Crippen LogP) is 3.46. The number of hydrogen-bond donors (Lipinski definition) is 3. The minimum Gasteiger partial charge on any atom is -0.481 e. The molecule has 0 radical (unpaired) electrons. The summed E-state index contributed by atoms with van der Waals surface area (Å²) in [4.78, 5) is 32.8. The van der Waals surface area contributed by atoms with Gasteiger partial charge < -0.3 is 15.7 Å². The highest BCUT2D eigenvalue weighted by Gasteiger charge is 2.11. The van der Waals surface area contributed by atoms with Gasteiger partial charge in [0, 0.05) is 12.7 Å². The fourth-order valence-electron chi connectivity index (χ4n) is 2.34. The van der Waals surface area contributed by atoms with E-state index in [9.17, 15) is 9.59 Å². The highest BCUT2D eigenvalue weighted by molar-refractivity contribution is 7.17. The van der Waals surface area contributed by atoms with E-state index in [1.54, 1.807) is 12.3 Å². The Balaban J connectivity index is 1.71. The number of pyridine rings is 2. The van der Waals surface area contributed by atoms with Crippen LogP contribution in [0.1, 0.15) is 21.7 Å². The molecule has 0 aliphatic carbocycles. The number of carboxylic acids is 1. The van der Waals surface area contributed by atoms with Crippen LogP contribution in [0.3, 0.4) is 0 Å². The summed E-state index contributed by atoms with van der Waals surface area (Å²) < 4.78 is 0. The predicted molar refractivity (Wildman–Crippen MR) is 104 cm³/mol. The maximum absolute atomic E-state index is 12.1. The molecule has 0 bridgehead atoms. The third kappa shape index (κ3) is 5.11. The van der Waals surface area contributed by atoms with E-state index in [-0.39, 0.29) is 18.9 Å². The molecule has 0 saturated heterocycles. The van der Waals surface area contributed by atoms with Crippen LogP contribution in [0, 0.1) is 6.92 Å². The molecule has 7 nitrogen and oxygen atoms in total. The highest BCUT2D eigenvalue weighted by Crippen LogP contribution is 2.28. The fraction of sp³-hybridized carbons (Fsp3) is 0.158. The lowest BCUT2D eigenvalue weighted by Crippen LogP contribution is -2.25. The molecule has 8 heteroatoms. The smallest absolute Gasteiger partial charge is 0.305 e. The zero-order chi connectivity index (χ0) is 19.2. The molecule has 0 unspecified atom stereocenters. The molecule has 3 rings (SSSR count). The SMILES string of the molecule is Cc1ccnc(Nc2cccc(-c3ccc(C(=O)NCCC(=O)O)s3)n2)c1. The van der Waals surface area contributed by atoms with Crippen LogP contribution in [0.25, 0.3) is 10.6 Å². The first-order valence-electron chi connectivity index (χ1n) is 8.28. The quantitative estimate of drug-likeness (QED) is 0.578. The van der Waals surface area contributed by atoms with Crippen LogP contribution in [0.5, 0.6) is 0 Å². The first-order chi connectivity index (χ1) is 13.0. The number of rotatable bonds is 7. The number of carboxylic acid groups (broad SMARTS) is 1. The molecule has 3 aromatic heterocycles. The van der Waals surface area contributed by atoms with Crippen LogP contribution >= 0.6 is 11.3 Å². The van der Waals surface area contributed by atoms with Crippen molar-refractivity contribution in [1.82, 2.24) is 15.3 Å². The van der Waals surface area contributed by atoms with Crippen LogP contribution in [-0.2, 0) is 4.79 Å². The van der Waals surface area contributed by atoms with Crippen molar-refractivity contribution in [2.75, 3.05) is 11.9 Å². The number of carbonyl (C=O) groups excluding carboxylic acids is 1. The topological polar surface area (TPSA) is 104 Å². The second-order valence-corrected chi connectivity index (χ2v) is 6.90. The summed E-state index contributed by atoms with van der Waals surface area (Å²) in [7, 11) is 0. The second-order valence-electron chi connectivity index (χ2n) is 5.82. The van der Waals surface area contributed by atoms with E-state index in [1.807, 2.05) is 43.3 Å². The second kappa shape index (κ2) is 8.41. The van der Waals surface area contributed by atoms with E-state index in [0.29, 0.717) is 16.5 Å². The molecule has 3 aromatic rings. The van der Waals surface area contributed by atoms with Gasteiger partial charge in [-0.25, -0.2) is 9.97 Å². The van der Waals surface area contributed by atoms with Gasteiger partial charge in [0.05, 0.1) is 21.9 Å². The van der Waals surface area contributed by atoms with Gasteiger partial charge in [0.2, 0.25) is 0 Å². The number of carbonyl (C=O) groups is 2. The average Bonchev–Trinajstić information content (AvgIpc) is 3.12. The monoisotopic (exact) mass is 382 g/mol. The minimum atomic E-state index is -0.946. The largest absolute Gasteiger partial charge is 0.481 e. The number of nitrogens with zero attached hydrogens (tertiary/aromatic N) is 2. The van der Waals surface area contributed by atoms with Crippen LogP contribution in [0.2, 0.25) is 0 Å². The van der Waals surface area contributed by atoms with Crippen molar-refractivity contribution < 1.29 is 14.7 Å². The molecule has 1 amide bonds. The van der Waals surface area contributed by atoms with Crippen LogP contribution in [-0.4, -0.2) is 33.5 Å². The van der Waals surface area contributed by atoms with Gasteiger partial charge in [-0.1, -0.05) is 6.07 Å². The Labute approximate surface area is 160 Å². The molecular weight excluding hydrogens is 364 g/mol. The molecule has 27 heavy (non-hydrogen) atoms. The van der Waals surface area contributed by atoms with Gasteiger partial charge in [-0.3, -0.25) is 9.59 Å². The maximum Gasteiger partial charge on any atom is 0.305 e. The lowest BCUT2D eigenvalue weighted by atomic mass is 10.3. The Morgan fingerprint density at radius 1 is 1.15 bits per heavy atom. The Bertz CT molecular complexity index is 971. The van der Waals surface area contributed by atoms with E-state index in [1.165, 1.54) is 11.3 Å². The van der Waals surface area contributed by atoms with E-state index in [2.05, 4.69) is 20.6 Å². The number of amides is 1. The number of hydrogen-bond acceptors (Lipinski definition) is 6. The molecule has 0 spiro atoms. The zero-order valence-electron chi connectivity index (χ0n) is 14.6. The first-order valence-corrected chi connectivity index (χ1v) is 9.10. The van der Waals surface area contributed by atoms with Crippen molar-refractivity contribution in [3.05, 3.63) is 59.1 Å². The molecule has 0 saturated carbocycles. The van der Waals surface area contributed by atoms with Gasteiger partial charge in [-0.2, -0.15) is 0 Å². The standard InChI is InChI=1S/C19H18N4O3S/c1-12-7-9-20-17(11-12)23-16-4-2-3-13(22-16)14-5-6-15(27-14)19(26)21-10-8-18(24)25/h2-7,9,11H,8,10H2,1H3,(H,21,26)(H,24,25)(H,20,22,23). The average molecular weight is 382 g/mol. The summed E-state index contributed by atoms with van der Waals surface area (Å²) in [6.45, 7) is 2.09. The summed E-state index contributed by atoms with van der Waals surface area (Å²) in [5.41, 5.74) is 1.84. The molecule has 0 fully saturated rings. The lowest BCUT2D eigenvalue weighted by Gasteiger charge is -2.06. The molecule has 3 heterocycles. The van der Waals surface area contributed by atoms with Gasteiger partial charge in [0.15, 0.2) is 0 Å². The number of aliphatic carboxylic acids is 1. The van der Waals surface area contributed by atoms with Crippen molar-refractivity contribution in [3.8, 4) is 10.6 Å². The Kier molecular flexibility index (Phi) is 5.77. The summed E-state index contributed by atoms with van der Waals surface area (Å²) in [5, 5.41) is 14.4. The Hall–Kier alpha value is -3.26. The number of nitrogens with one attached hydrogen (secondary N) is 2. The summed E-state index contributed by atoms with van der Waals surface area (Å²) in [6, 6.07) is 13.0. The van der Waals surface area contributed by atoms with Gasteiger partial charge in [-0.15, -0.1) is 11.3 Å². The van der Waals surface area contributed by atoms with Crippen molar-refractivity contribution in [1.29, 1.82) is 0 Å². The van der Waals surface area contributed by atoms with Crippen molar-refractivity contribution >= 4 is 34.8 Å². The van der Waals surface area contributed by atoms with Gasteiger partial charge in [0.25, 0.3) is 5.91 Å². The fourth-order valence-corrected chi connectivity index (χ4v) is 3.24. The minimum absolute atomic E-state index is 0.0997. The van der Waals surface area contributed by atoms with Gasteiger partial charge in [0.1, 0.15) is 11.6 Å². The van der Waals surface area contributed by atoms with Crippen molar-refractivity contribution in [3.63, 3.8) is 0 Å². The summed E-state index contributed by atoms with van der Waals surface area (Å²) >= 11 is 1.30. The van der Waals surface area contributed by atoms with Crippen LogP contribution in [0.15, 0.2) is 48.7 Å².